The third-order valence-electron chi connectivity index (χ3n) is 7.03. The fourth-order valence-electron chi connectivity index (χ4n) is 4.63. The van der Waals surface area contributed by atoms with Crippen molar-refractivity contribution < 1.29 is 32.6 Å². The Labute approximate surface area is 279 Å². The molecule has 13 nitrogen and oxygen atoms in total. The Bertz CT molecular complexity index is 2030. The number of pyridine rings is 1. The fraction of sp³-hybridized carbons (Fsp3) is 0.235. The third-order valence-corrected chi connectivity index (χ3v) is 7.03. The van der Waals surface area contributed by atoms with Crippen LogP contribution in [0.15, 0.2) is 71.9 Å². The van der Waals surface area contributed by atoms with E-state index >= 15 is 4.39 Å². The number of aromatic nitrogens is 3. The number of anilines is 2. The lowest BCUT2D eigenvalue weighted by molar-refractivity contribution is -0.126. The van der Waals surface area contributed by atoms with E-state index in [-0.39, 0.29) is 54.7 Å². The molecule has 0 saturated carbocycles. The van der Waals surface area contributed by atoms with Gasteiger partial charge in [-0.25, -0.2) is 23.5 Å². The van der Waals surface area contributed by atoms with Gasteiger partial charge in [0.1, 0.15) is 28.5 Å². The van der Waals surface area contributed by atoms with Crippen LogP contribution in [-0.4, -0.2) is 74.0 Å². The third kappa shape index (κ3) is 8.35. The monoisotopic (exact) mass is 671 g/mol. The Balaban J connectivity index is 1.25. The number of hydrogen-bond donors (Lipinski definition) is 2. The minimum absolute atomic E-state index is 0.000134. The fourth-order valence-corrected chi connectivity index (χ4v) is 4.63. The number of amides is 3. The standard InChI is InChI=1S/C34H31F2N7O6/c1-34(2,3)49-33(47)42-18-16-41(17-19-42)28(44)11-9-24-26(12-13-39-30(24)37)48-27-10-6-22(20-25(27)36)40-31(45)29-32(46)43(15-14-38-29)23-7-4-21(35)5-8-23/h4-8,10,12-15,20H,16-19H2,1-3H3,(H2,37,39)(H,40,45). The smallest absolute Gasteiger partial charge is 0.410 e. The maximum absolute atomic E-state index is 15.2. The van der Waals surface area contributed by atoms with E-state index in [4.69, 9.17) is 15.2 Å². The molecule has 2 aromatic carbocycles. The minimum atomic E-state index is -0.898. The van der Waals surface area contributed by atoms with Crippen molar-refractivity contribution in [3.63, 3.8) is 0 Å². The number of nitrogens with one attached hydrogen (secondary N) is 1. The van der Waals surface area contributed by atoms with Crippen LogP contribution in [0.4, 0.5) is 25.1 Å². The number of carbonyl (C=O) groups excluding carboxylic acids is 3. The highest BCUT2D eigenvalue weighted by molar-refractivity contribution is 6.02. The largest absolute Gasteiger partial charge is 0.453 e. The molecule has 0 bridgehead atoms. The molecular weight excluding hydrogens is 640 g/mol. The second-order valence-electron chi connectivity index (χ2n) is 11.7. The summed E-state index contributed by atoms with van der Waals surface area (Å²) in [6.45, 7) is 6.36. The summed E-state index contributed by atoms with van der Waals surface area (Å²) in [5.74, 6) is 2.11. The molecule has 5 rings (SSSR count). The van der Waals surface area contributed by atoms with Gasteiger partial charge in [0.25, 0.3) is 17.4 Å². The van der Waals surface area contributed by atoms with Crippen molar-refractivity contribution in [2.24, 2.45) is 0 Å². The molecule has 1 aliphatic heterocycles. The highest BCUT2D eigenvalue weighted by Gasteiger charge is 2.27. The molecule has 1 fully saturated rings. The van der Waals surface area contributed by atoms with Crippen LogP contribution in [0.25, 0.3) is 5.69 Å². The van der Waals surface area contributed by atoms with Crippen LogP contribution in [0.5, 0.6) is 11.5 Å². The van der Waals surface area contributed by atoms with Crippen LogP contribution in [0, 0.1) is 23.5 Å². The van der Waals surface area contributed by atoms with E-state index in [1.54, 1.807) is 20.8 Å². The number of nitrogens with two attached hydrogens (primary N) is 1. The normalized spacial score (nSPS) is 12.8. The molecule has 3 N–H and O–H groups in total. The summed E-state index contributed by atoms with van der Waals surface area (Å²) in [6.07, 6.45) is 3.43. The quantitative estimate of drug-likeness (QED) is 0.299. The maximum Gasteiger partial charge on any atom is 0.410 e. The number of benzene rings is 2. The minimum Gasteiger partial charge on any atom is -0.453 e. The zero-order chi connectivity index (χ0) is 35.3. The van der Waals surface area contributed by atoms with Gasteiger partial charge in [-0.15, -0.1) is 0 Å². The highest BCUT2D eigenvalue weighted by Crippen LogP contribution is 2.30. The number of carbonyl (C=O) groups is 3. The first kappa shape index (κ1) is 34.0. The first-order chi connectivity index (χ1) is 23.3. The molecule has 0 aliphatic carbocycles. The molecule has 0 spiro atoms. The lowest BCUT2D eigenvalue weighted by Gasteiger charge is -2.34. The average Bonchev–Trinajstić information content (AvgIpc) is 3.05. The predicted molar refractivity (Wildman–Crippen MR) is 174 cm³/mol. The average molecular weight is 672 g/mol. The molecule has 4 aromatic rings. The number of piperazine rings is 1. The van der Waals surface area contributed by atoms with Crippen LogP contribution >= 0.6 is 0 Å². The van der Waals surface area contributed by atoms with Crippen LogP contribution in [0.2, 0.25) is 0 Å². The molecule has 1 aliphatic rings. The molecule has 49 heavy (non-hydrogen) atoms. The SMILES string of the molecule is CC(C)(C)OC(=O)N1CCN(C(=O)C#Cc2c(Oc3ccc(NC(=O)c4nccn(-c5ccc(F)cc5)c4=O)cc3F)ccnc2N)CC1. The molecular formula is C34H31F2N7O6. The molecule has 2 aromatic heterocycles. The lowest BCUT2D eigenvalue weighted by atomic mass is 10.2. The molecule has 15 heteroatoms. The molecule has 0 radical (unpaired) electrons. The van der Waals surface area contributed by atoms with Gasteiger partial charge in [0, 0.05) is 74.2 Å². The predicted octanol–water partition coefficient (Wildman–Crippen LogP) is 3.96. The highest BCUT2D eigenvalue weighted by atomic mass is 19.1. The Morgan fingerprint density at radius 1 is 0.918 bits per heavy atom. The number of nitrogen functional groups attached to an aromatic ring is 1. The van der Waals surface area contributed by atoms with Crippen molar-refractivity contribution in [3.8, 4) is 29.0 Å². The molecule has 0 unspecified atom stereocenters. The number of nitrogens with zero attached hydrogens (tertiary/aromatic N) is 5. The zero-order valence-electron chi connectivity index (χ0n) is 26.7. The summed E-state index contributed by atoms with van der Waals surface area (Å²) >= 11 is 0. The van der Waals surface area contributed by atoms with E-state index < -0.39 is 46.4 Å². The van der Waals surface area contributed by atoms with Crippen molar-refractivity contribution in [2.45, 2.75) is 26.4 Å². The van der Waals surface area contributed by atoms with Crippen LogP contribution in [0.1, 0.15) is 36.8 Å². The van der Waals surface area contributed by atoms with Crippen molar-refractivity contribution in [1.29, 1.82) is 0 Å². The number of ether oxygens (including phenoxy) is 2. The Morgan fingerprint density at radius 2 is 1.61 bits per heavy atom. The van der Waals surface area contributed by atoms with Crippen molar-refractivity contribution in [3.05, 3.63) is 100 Å². The Morgan fingerprint density at radius 3 is 2.29 bits per heavy atom. The van der Waals surface area contributed by atoms with Crippen molar-refractivity contribution in [1.82, 2.24) is 24.3 Å². The number of rotatable bonds is 5. The topological polar surface area (TPSA) is 162 Å². The summed E-state index contributed by atoms with van der Waals surface area (Å²) in [4.78, 5) is 61.8. The van der Waals surface area contributed by atoms with Crippen molar-refractivity contribution in [2.75, 3.05) is 37.2 Å². The molecule has 3 amide bonds. The van der Waals surface area contributed by atoms with Crippen LogP contribution in [-0.2, 0) is 9.53 Å². The summed E-state index contributed by atoms with van der Waals surface area (Å²) < 4.78 is 40.7. The maximum atomic E-state index is 15.2. The van der Waals surface area contributed by atoms with E-state index in [0.717, 1.165) is 10.6 Å². The van der Waals surface area contributed by atoms with Gasteiger partial charge in [0.05, 0.1) is 0 Å². The van der Waals surface area contributed by atoms with Crippen LogP contribution in [0.3, 0.4) is 0 Å². The van der Waals surface area contributed by atoms with Crippen molar-refractivity contribution >= 4 is 29.4 Å². The summed E-state index contributed by atoms with van der Waals surface area (Å²) in [7, 11) is 0. The first-order valence-electron chi connectivity index (χ1n) is 14.9. The first-order valence-corrected chi connectivity index (χ1v) is 14.9. The second-order valence-corrected chi connectivity index (χ2v) is 11.7. The van der Waals surface area contributed by atoms with Gasteiger partial charge in [-0.2, -0.15) is 0 Å². The number of hydrogen-bond acceptors (Lipinski definition) is 9. The van der Waals surface area contributed by atoms with Crippen LogP contribution < -0.4 is 21.3 Å². The second kappa shape index (κ2) is 14.2. The van der Waals surface area contributed by atoms with Gasteiger partial charge in [0.15, 0.2) is 17.3 Å². The zero-order valence-corrected chi connectivity index (χ0v) is 26.7. The summed E-state index contributed by atoms with van der Waals surface area (Å²) in [5, 5.41) is 2.43. The van der Waals surface area contributed by atoms with Gasteiger partial charge in [-0.05, 0) is 63.1 Å². The molecule has 1 saturated heterocycles. The van der Waals surface area contributed by atoms with Gasteiger partial charge < -0.3 is 30.3 Å². The lowest BCUT2D eigenvalue weighted by Crippen LogP contribution is -2.51. The van der Waals surface area contributed by atoms with Gasteiger partial charge in [-0.3, -0.25) is 19.0 Å². The molecule has 3 heterocycles. The summed E-state index contributed by atoms with van der Waals surface area (Å²) in [5.41, 5.74) is 4.51. The number of halogens is 2. The van der Waals surface area contributed by atoms with E-state index in [1.807, 2.05) is 0 Å². The van der Waals surface area contributed by atoms with E-state index in [0.29, 0.717) is 5.69 Å². The summed E-state index contributed by atoms with van der Waals surface area (Å²) in [6, 6.07) is 10.0. The molecule has 0 atom stereocenters. The van der Waals surface area contributed by atoms with E-state index in [9.17, 15) is 23.6 Å². The Kier molecular flexibility index (Phi) is 9.88. The van der Waals surface area contributed by atoms with E-state index in [1.165, 1.54) is 70.9 Å². The van der Waals surface area contributed by atoms with Gasteiger partial charge in [-0.1, -0.05) is 0 Å². The molecule has 252 valence electrons. The van der Waals surface area contributed by atoms with Gasteiger partial charge >= 0.3 is 6.09 Å². The van der Waals surface area contributed by atoms with Gasteiger partial charge in [0.2, 0.25) is 0 Å². The Hall–Kier alpha value is -6.30. The van der Waals surface area contributed by atoms with E-state index in [2.05, 4.69) is 27.1 Å².